The fourth-order valence-electron chi connectivity index (χ4n) is 4.71. The summed E-state index contributed by atoms with van der Waals surface area (Å²) >= 11 is 0. The minimum Gasteiger partial charge on any atom is -0.302 e. The Morgan fingerprint density at radius 1 is 1.27 bits per heavy atom. The lowest BCUT2D eigenvalue weighted by Gasteiger charge is -2.37. The number of nitrogens with zero attached hydrogens (tertiary/aromatic N) is 2. The van der Waals surface area contributed by atoms with Gasteiger partial charge in [-0.1, -0.05) is 25.2 Å². The van der Waals surface area contributed by atoms with Crippen LogP contribution in [-0.4, -0.2) is 54.5 Å². The highest BCUT2D eigenvalue weighted by Gasteiger charge is 2.60. The van der Waals surface area contributed by atoms with E-state index in [4.69, 9.17) is 0 Å². The van der Waals surface area contributed by atoms with Crippen LogP contribution in [0, 0.1) is 11.3 Å². The van der Waals surface area contributed by atoms with Crippen LogP contribution in [0.4, 0.5) is 8.78 Å². The number of hydrogen-bond donors (Lipinski definition) is 0. The lowest BCUT2D eigenvalue weighted by molar-refractivity contribution is -0.0595. The topological polar surface area (TPSA) is 6.48 Å². The monoisotopic (exact) mass is 308 g/mol. The minimum atomic E-state index is -2.44. The summed E-state index contributed by atoms with van der Waals surface area (Å²) in [6.45, 7) is 6.92. The Balaban J connectivity index is 1.37. The molecule has 0 radical (unpaired) electrons. The van der Waals surface area contributed by atoms with Gasteiger partial charge in [-0.2, -0.15) is 0 Å². The molecule has 2 aliphatic heterocycles. The second kappa shape index (κ2) is 5.13. The average Bonchev–Trinajstić information content (AvgIpc) is 3.09. The molecule has 0 bridgehead atoms. The maximum absolute atomic E-state index is 13.3. The standard InChI is InChI=1S/C18H26F2N2/c1-2-21-12-15-11-17(15,13-21)14-3-5-16(6-4-14)22-9-7-18(19,20)8-10-22/h3-5,15-16H,2,6-13H2,1H3. The lowest BCUT2D eigenvalue weighted by atomic mass is 9.88. The summed E-state index contributed by atoms with van der Waals surface area (Å²) in [7, 11) is 0. The average molecular weight is 308 g/mol. The zero-order valence-electron chi connectivity index (χ0n) is 13.4. The van der Waals surface area contributed by atoms with Crippen molar-refractivity contribution in [3.8, 4) is 0 Å². The summed E-state index contributed by atoms with van der Waals surface area (Å²) in [4.78, 5) is 4.79. The second-order valence-electron chi connectivity index (χ2n) is 7.60. The lowest BCUT2D eigenvalue weighted by Crippen LogP contribution is -2.44. The first-order valence-electron chi connectivity index (χ1n) is 8.75. The number of likely N-dealkylation sites (tertiary alicyclic amines) is 2. The molecule has 4 aliphatic rings. The quantitative estimate of drug-likeness (QED) is 0.789. The molecule has 3 unspecified atom stereocenters. The molecule has 2 aliphatic carbocycles. The molecule has 0 aromatic rings. The largest absolute Gasteiger partial charge is 0.302 e. The number of piperidine rings is 2. The number of allylic oxidation sites excluding steroid dienone is 1. The molecule has 2 heterocycles. The first-order chi connectivity index (χ1) is 10.5. The molecule has 2 saturated heterocycles. The van der Waals surface area contributed by atoms with E-state index in [1.165, 1.54) is 25.1 Å². The fraction of sp³-hybridized carbons (Fsp3) is 0.778. The zero-order valence-corrected chi connectivity index (χ0v) is 13.4. The molecule has 2 nitrogen and oxygen atoms in total. The van der Waals surface area contributed by atoms with E-state index in [2.05, 4.69) is 35.0 Å². The summed E-state index contributed by atoms with van der Waals surface area (Å²) in [6, 6.07) is 0.331. The Labute approximate surface area is 131 Å². The van der Waals surface area contributed by atoms with Gasteiger partial charge in [0.05, 0.1) is 0 Å². The number of hydrogen-bond acceptors (Lipinski definition) is 2. The Hall–Kier alpha value is -0.740. The molecular formula is C18H26F2N2. The van der Waals surface area contributed by atoms with E-state index in [1.54, 1.807) is 0 Å². The van der Waals surface area contributed by atoms with E-state index in [1.807, 2.05) is 0 Å². The number of rotatable bonds is 3. The van der Waals surface area contributed by atoms with Crippen LogP contribution < -0.4 is 0 Å². The van der Waals surface area contributed by atoms with Crippen LogP contribution in [0.3, 0.4) is 0 Å². The van der Waals surface area contributed by atoms with Gasteiger partial charge in [-0.25, -0.2) is 8.78 Å². The van der Waals surface area contributed by atoms with Crippen molar-refractivity contribution in [2.24, 2.45) is 11.3 Å². The Morgan fingerprint density at radius 3 is 2.64 bits per heavy atom. The molecule has 0 N–H and O–H groups in total. The fourth-order valence-corrected chi connectivity index (χ4v) is 4.71. The third-order valence-corrected chi connectivity index (χ3v) is 6.31. The van der Waals surface area contributed by atoms with Gasteiger partial charge in [-0.05, 0) is 30.9 Å². The van der Waals surface area contributed by atoms with Gasteiger partial charge in [0.25, 0.3) is 5.92 Å². The van der Waals surface area contributed by atoms with Gasteiger partial charge in [0.15, 0.2) is 0 Å². The third kappa shape index (κ3) is 2.44. The molecular weight excluding hydrogens is 282 g/mol. The highest BCUT2D eigenvalue weighted by molar-refractivity contribution is 5.40. The smallest absolute Gasteiger partial charge is 0.250 e. The van der Waals surface area contributed by atoms with Gasteiger partial charge in [-0.15, -0.1) is 0 Å². The first-order valence-corrected chi connectivity index (χ1v) is 8.75. The van der Waals surface area contributed by atoms with Gasteiger partial charge in [0.1, 0.15) is 0 Å². The third-order valence-electron chi connectivity index (χ3n) is 6.31. The van der Waals surface area contributed by atoms with Gasteiger partial charge < -0.3 is 4.90 Å². The van der Waals surface area contributed by atoms with Crippen LogP contribution in [0.15, 0.2) is 23.8 Å². The number of alkyl halides is 2. The van der Waals surface area contributed by atoms with Crippen molar-refractivity contribution >= 4 is 0 Å². The summed E-state index contributed by atoms with van der Waals surface area (Å²) in [5, 5.41) is 0. The van der Waals surface area contributed by atoms with Crippen LogP contribution in [-0.2, 0) is 0 Å². The van der Waals surface area contributed by atoms with Gasteiger partial charge in [-0.3, -0.25) is 4.90 Å². The van der Waals surface area contributed by atoms with Crippen molar-refractivity contribution < 1.29 is 8.78 Å². The predicted octanol–water partition coefficient (Wildman–Crippen LogP) is 3.31. The SMILES string of the molecule is CCN1CC2CC2(C2=CCC(N3CCC(F)(F)CC3)C=C2)C1. The van der Waals surface area contributed by atoms with Gasteiger partial charge in [0, 0.05) is 50.5 Å². The Bertz CT molecular complexity index is 503. The van der Waals surface area contributed by atoms with Crippen molar-refractivity contribution in [2.75, 3.05) is 32.7 Å². The molecule has 4 heteroatoms. The normalized spacial score (nSPS) is 41.3. The maximum Gasteiger partial charge on any atom is 0.250 e. The van der Waals surface area contributed by atoms with E-state index in [9.17, 15) is 8.78 Å². The van der Waals surface area contributed by atoms with E-state index in [-0.39, 0.29) is 12.8 Å². The van der Waals surface area contributed by atoms with Crippen molar-refractivity contribution in [1.29, 1.82) is 0 Å². The highest BCUT2D eigenvalue weighted by Crippen LogP contribution is 2.62. The van der Waals surface area contributed by atoms with Gasteiger partial charge >= 0.3 is 0 Å². The minimum absolute atomic E-state index is 0.0192. The molecule has 0 amide bonds. The predicted molar refractivity (Wildman–Crippen MR) is 84.0 cm³/mol. The highest BCUT2D eigenvalue weighted by atomic mass is 19.3. The molecule has 122 valence electrons. The Morgan fingerprint density at radius 2 is 2.05 bits per heavy atom. The van der Waals surface area contributed by atoms with Crippen molar-refractivity contribution in [3.63, 3.8) is 0 Å². The van der Waals surface area contributed by atoms with Crippen LogP contribution in [0.25, 0.3) is 0 Å². The second-order valence-corrected chi connectivity index (χ2v) is 7.60. The molecule has 3 atom stereocenters. The summed E-state index contributed by atoms with van der Waals surface area (Å²) in [5.41, 5.74) is 1.96. The van der Waals surface area contributed by atoms with Crippen molar-refractivity contribution in [1.82, 2.24) is 9.80 Å². The molecule has 4 rings (SSSR count). The Kier molecular flexibility index (Phi) is 3.46. The van der Waals surface area contributed by atoms with E-state index in [0.717, 1.165) is 18.9 Å². The van der Waals surface area contributed by atoms with Crippen molar-refractivity contribution in [2.45, 2.75) is 44.6 Å². The van der Waals surface area contributed by atoms with E-state index >= 15 is 0 Å². The molecule has 0 aromatic carbocycles. The van der Waals surface area contributed by atoms with E-state index < -0.39 is 5.92 Å². The molecule has 22 heavy (non-hydrogen) atoms. The number of fused-ring (bicyclic) bond motifs is 1. The summed E-state index contributed by atoms with van der Waals surface area (Å²) in [5.74, 6) is -1.59. The molecule has 3 fully saturated rings. The summed E-state index contributed by atoms with van der Waals surface area (Å²) < 4.78 is 26.6. The molecule has 1 saturated carbocycles. The zero-order chi connectivity index (χ0) is 15.4. The van der Waals surface area contributed by atoms with Crippen LogP contribution >= 0.6 is 0 Å². The van der Waals surface area contributed by atoms with Crippen LogP contribution in [0.5, 0.6) is 0 Å². The van der Waals surface area contributed by atoms with Crippen LogP contribution in [0.2, 0.25) is 0 Å². The maximum atomic E-state index is 13.3. The molecule has 0 aromatic heterocycles. The first kappa shape index (κ1) is 14.8. The number of halogens is 2. The van der Waals surface area contributed by atoms with E-state index in [0.29, 0.717) is 24.5 Å². The van der Waals surface area contributed by atoms with Crippen molar-refractivity contribution in [3.05, 3.63) is 23.8 Å². The van der Waals surface area contributed by atoms with Gasteiger partial charge in [0.2, 0.25) is 0 Å². The molecule has 0 spiro atoms. The summed E-state index contributed by atoms with van der Waals surface area (Å²) in [6.07, 6.45) is 9.36. The van der Waals surface area contributed by atoms with Crippen LogP contribution in [0.1, 0.15) is 32.6 Å².